The van der Waals surface area contributed by atoms with E-state index in [9.17, 15) is 4.79 Å². The molecule has 106 valence electrons. The Morgan fingerprint density at radius 2 is 2.10 bits per heavy atom. The van der Waals surface area contributed by atoms with Crippen molar-refractivity contribution in [1.29, 1.82) is 0 Å². The van der Waals surface area contributed by atoms with Gasteiger partial charge in [-0.2, -0.15) is 0 Å². The zero-order valence-corrected chi connectivity index (χ0v) is 11.7. The van der Waals surface area contributed by atoms with E-state index in [1.165, 1.54) is 0 Å². The highest BCUT2D eigenvalue weighted by Gasteiger charge is 2.06. The summed E-state index contributed by atoms with van der Waals surface area (Å²) >= 11 is 0. The molecule has 0 radical (unpaired) electrons. The van der Waals surface area contributed by atoms with Crippen LogP contribution < -0.4 is 10.1 Å². The van der Waals surface area contributed by atoms with Crippen molar-refractivity contribution in [3.05, 3.63) is 48.0 Å². The third-order valence-corrected chi connectivity index (χ3v) is 2.72. The summed E-state index contributed by atoms with van der Waals surface area (Å²) in [6, 6.07) is 7.15. The highest BCUT2D eigenvalue weighted by atomic mass is 16.5. The molecule has 0 aliphatic carbocycles. The number of amides is 1. The molecule has 5 nitrogen and oxygen atoms in total. The maximum Gasteiger partial charge on any atom is 0.251 e. The first kappa shape index (κ1) is 14.1. The summed E-state index contributed by atoms with van der Waals surface area (Å²) in [7, 11) is 0. The Bertz CT molecular complexity index is 533. The van der Waals surface area contributed by atoms with Crippen LogP contribution in [0.2, 0.25) is 0 Å². The van der Waals surface area contributed by atoms with Gasteiger partial charge in [-0.1, -0.05) is 0 Å². The monoisotopic (exact) mass is 273 g/mol. The lowest BCUT2D eigenvalue weighted by atomic mass is 10.2. The van der Waals surface area contributed by atoms with Crippen molar-refractivity contribution < 1.29 is 9.53 Å². The number of carbonyl (C=O) groups excluding carboxylic acids is 1. The summed E-state index contributed by atoms with van der Waals surface area (Å²) in [5.41, 5.74) is 1.64. The van der Waals surface area contributed by atoms with E-state index < -0.39 is 0 Å². The second-order valence-electron chi connectivity index (χ2n) is 4.77. The molecule has 0 aliphatic heterocycles. The fourth-order valence-electron chi connectivity index (χ4n) is 1.79. The number of imidazole rings is 1. The Kier molecular flexibility index (Phi) is 4.76. The van der Waals surface area contributed by atoms with Gasteiger partial charge >= 0.3 is 0 Å². The normalized spacial score (nSPS) is 10.6. The van der Waals surface area contributed by atoms with Crippen LogP contribution in [0.15, 0.2) is 36.8 Å². The van der Waals surface area contributed by atoms with Crippen LogP contribution in [0.25, 0.3) is 0 Å². The van der Waals surface area contributed by atoms with Gasteiger partial charge < -0.3 is 15.0 Å². The largest absolute Gasteiger partial charge is 0.491 e. The van der Waals surface area contributed by atoms with Gasteiger partial charge in [-0.3, -0.25) is 4.79 Å². The maximum absolute atomic E-state index is 11.9. The van der Waals surface area contributed by atoms with E-state index >= 15 is 0 Å². The zero-order chi connectivity index (χ0) is 14.4. The van der Waals surface area contributed by atoms with Crippen LogP contribution in [-0.4, -0.2) is 28.5 Å². The van der Waals surface area contributed by atoms with Gasteiger partial charge in [0.15, 0.2) is 0 Å². The smallest absolute Gasteiger partial charge is 0.251 e. The Balaban J connectivity index is 1.82. The van der Waals surface area contributed by atoms with Crippen LogP contribution in [0.1, 0.15) is 29.9 Å². The Morgan fingerprint density at radius 3 is 2.70 bits per heavy atom. The molecule has 0 fully saturated rings. The summed E-state index contributed by atoms with van der Waals surface area (Å²) in [5.74, 6) is 0.689. The first-order valence-corrected chi connectivity index (χ1v) is 6.67. The molecule has 1 aromatic heterocycles. The van der Waals surface area contributed by atoms with E-state index in [1.807, 2.05) is 26.0 Å². The van der Waals surface area contributed by atoms with Gasteiger partial charge in [0.05, 0.1) is 12.4 Å². The van der Waals surface area contributed by atoms with Crippen molar-refractivity contribution >= 4 is 5.91 Å². The lowest BCUT2D eigenvalue weighted by Crippen LogP contribution is -2.25. The molecule has 1 amide bonds. The molecule has 1 aromatic carbocycles. The molecular weight excluding hydrogens is 254 g/mol. The second kappa shape index (κ2) is 6.75. The maximum atomic E-state index is 11.9. The number of rotatable bonds is 6. The number of aromatic amines is 1. The van der Waals surface area contributed by atoms with Crippen molar-refractivity contribution in [2.75, 3.05) is 6.54 Å². The number of hydrogen-bond donors (Lipinski definition) is 2. The second-order valence-corrected chi connectivity index (χ2v) is 4.77. The average Bonchev–Trinajstić information content (AvgIpc) is 2.92. The summed E-state index contributed by atoms with van der Waals surface area (Å²) in [4.78, 5) is 18.9. The highest BCUT2D eigenvalue weighted by Crippen LogP contribution is 2.13. The van der Waals surface area contributed by atoms with Crippen LogP contribution in [0.3, 0.4) is 0 Å². The minimum absolute atomic E-state index is 0.0828. The van der Waals surface area contributed by atoms with E-state index in [0.717, 1.165) is 17.9 Å². The molecule has 2 aromatic rings. The van der Waals surface area contributed by atoms with Gasteiger partial charge in [-0.05, 0) is 38.1 Å². The predicted molar refractivity (Wildman–Crippen MR) is 76.8 cm³/mol. The Labute approximate surface area is 118 Å². The van der Waals surface area contributed by atoms with E-state index in [1.54, 1.807) is 24.7 Å². The molecule has 5 heteroatoms. The van der Waals surface area contributed by atoms with Crippen LogP contribution in [0, 0.1) is 0 Å². The number of H-pyrrole nitrogens is 1. The minimum atomic E-state index is -0.0828. The molecule has 20 heavy (non-hydrogen) atoms. The van der Waals surface area contributed by atoms with Gasteiger partial charge in [-0.15, -0.1) is 0 Å². The van der Waals surface area contributed by atoms with E-state index in [-0.39, 0.29) is 12.0 Å². The number of aromatic nitrogens is 2. The summed E-state index contributed by atoms with van der Waals surface area (Å²) in [6.45, 7) is 4.51. The number of benzene rings is 1. The summed E-state index contributed by atoms with van der Waals surface area (Å²) in [6.07, 6.45) is 4.25. The summed E-state index contributed by atoms with van der Waals surface area (Å²) in [5, 5.41) is 2.87. The molecular formula is C15H19N3O2. The number of hydrogen-bond acceptors (Lipinski definition) is 3. The van der Waals surface area contributed by atoms with Crippen molar-refractivity contribution in [1.82, 2.24) is 15.3 Å². The van der Waals surface area contributed by atoms with Gasteiger partial charge in [-0.25, -0.2) is 4.98 Å². The standard InChI is InChI=1S/C15H19N3O2/c1-11(2)20-14-5-3-12(4-6-14)15(19)17-8-7-13-9-16-10-18-13/h3-6,9-11H,7-8H2,1-2H3,(H,16,18)(H,17,19). The van der Waals surface area contributed by atoms with Crippen LogP contribution in [-0.2, 0) is 6.42 Å². The van der Waals surface area contributed by atoms with Crippen molar-refractivity contribution in [3.8, 4) is 5.75 Å². The van der Waals surface area contributed by atoms with Gasteiger partial charge in [0.25, 0.3) is 5.91 Å². The van der Waals surface area contributed by atoms with Crippen LogP contribution in [0.5, 0.6) is 5.75 Å². The molecule has 0 unspecified atom stereocenters. The first-order chi connectivity index (χ1) is 9.65. The molecule has 0 atom stereocenters. The van der Waals surface area contributed by atoms with Crippen LogP contribution in [0.4, 0.5) is 0 Å². The lowest BCUT2D eigenvalue weighted by molar-refractivity contribution is 0.0954. The van der Waals surface area contributed by atoms with Gasteiger partial charge in [0.1, 0.15) is 5.75 Å². The van der Waals surface area contributed by atoms with Gasteiger partial charge in [0, 0.05) is 30.4 Å². The van der Waals surface area contributed by atoms with Gasteiger partial charge in [0.2, 0.25) is 0 Å². The third kappa shape index (κ3) is 4.12. The number of carbonyl (C=O) groups is 1. The third-order valence-electron chi connectivity index (χ3n) is 2.72. The van der Waals surface area contributed by atoms with Crippen molar-refractivity contribution in [2.24, 2.45) is 0 Å². The Morgan fingerprint density at radius 1 is 1.35 bits per heavy atom. The lowest BCUT2D eigenvalue weighted by Gasteiger charge is -2.10. The van der Waals surface area contributed by atoms with Crippen molar-refractivity contribution in [3.63, 3.8) is 0 Å². The SMILES string of the molecule is CC(C)Oc1ccc(C(=O)NCCc2cnc[nH]2)cc1. The molecule has 0 saturated heterocycles. The topological polar surface area (TPSA) is 67.0 Å². The zero-order valence-electron chi connectivity index (χ0n) is 11.7. The molecule has 2 N–H and O–H groups in total. The molecule has 0 spiro atoms. The molecule has 1 heterocycles. The number of ether oxygens (including phenoxy) is 1. The predicted octanol–water partition coefficient (Wildman–Crippen LogP) is 2.17. The van der Waals surface area contributed by atoms with E-state index in [2.05, 4.69) is 15.3 Å². The first-order valence-electron chi connectivity index (χ1n) is 6.67. The van der Waals surface area contributed by atoms with Crippen molar-refractivity contribution in [2.45, 2.75) is 26.4 Å². The molecule has 0 saturated carbocycles. The summed E-state index contributed by atoms with van der Waals surface area (Å²) < 4.78 is 5.54. The minimum Gasteiger partial charge on any atom is -0.491 e. The molecule has 2 rings (SSSR count). The quantitative estimate of drug-likeness (QED) is 0.847. The molecule has 0 aliphatic rings. The Hall–Kier alpha value is -2.30. The van der Waals surface area contributed by atoms with E-state index in [4.69, 9.17) is 4.74 Å². The average molecular weight is 273 g/mol. The fraction of sp³-hybridized carbons (Fsp3) is 0.333. The van der Waals surface area contributed by atoms with E-state index in [0.29, 0.717) is 12.1 Å². The molecule has 0 bridgehead atoms. The fourth-order valence-corrected chi connectivity index (χ4v) is 1.79. The number of nitrogens with zero attached hydrogens (tertiary/aromatic N) is 1. The number of nitrogens with one attached hydrogen (secondary N) is 2. The van der Waals surface area contributed by atoms with Crippen LogP contribution >= 0.6 is 0 Å². The highest BCUT2D eigenvalue weighted by molar-refractivity contribution is 5.94.